The topological polar surface area (TPSA) is 59.3 Å². The summed E-state index contributed by atoms with van der Waals surface area (Å²) in [7, 11) is 3.55. The molecule has 0 saturated carbocycles. The second-order valence-electron chi connectivity index (χ2n) is 4.23. The highest BCUT2D eigenvalue weighted by atomic mass is 16.5. The van der Waals surface area contributed by atoms with E-state index < -0.39 is 0 Å². The third-order valence-electron chi connectivity index (χ3n) is 2.74. The molecule has 0 aliphatic rings. The van der Waals surface area contributed by atoms with Gasteiger partial charge in [0.05, 0.1) is 24.5 Å². The molecule has 2 N–H and O–H groups in total. The maximum Gasteiger partial charge on any atom is 0.216 e. The lowest BCUT2D eigenvalue weighted by molar-refractivity contribution is 0.183. The molecule has 0 amide bonds. The van der Waals surface area contributed by atoms with E-state index in [9.17, 15) is 5.11 Å². The van der Waals surface area contributed by atoms with Gasteiger partial charge in [0.15, 0.2) is 0 Å². The minimum Gasteiger partial charge on any atom is -0.481 e. The van der Waals surface area contributed by atoms with Crippen LogP contribution in [0.3, 0.4) is 0 Å². The molecule has 0 aliphatic carbocycles. The van der Waals surface area contributed by atoms with Crippen LogP contribution in [0.5, 0.6) is 5.88 Å². The van der Waals surface area contributed by atoms with E-state index in [2.05, 4.69) is 17.3 Å². The Hall–Kier alpha value is -1.07. The van der Waals surface area contributed by atoms with Crippen molar-refractivity contribution in [2.24, 2.45) is 7.05 Å². The first-order chi connectivity index (χ1) is 8.10. The second kappa shape index (κ2) is 6.61. The quantitative estimate of drug-likeness (QED) is 0.695. The number of hydrogen-bond acceptors (Lipinski definition) is 4. The van der Waals surface area contributed by atoms with E-state index in [4.69, 9.17) is 4.74 Å². The van der Waals surface area contributed by atoms with Gasteiger partial charge >= 0.3 is 0 Å². The van der Waals surface area contributed by atoms with Crippen LogP contribution >= 0.6 is 0 Å². The highest BCUT2D eigenvalue weighted by Gasteiger charge is 2.14. The largest absolute Gasteiger partial charge is 0.481 e. The van der Waals surface area contributed by atoms with Crippen molar-refractivity contribution in [3.8, 4) is 5.88 Å². The molecule has 0 spiro atoms. The van der Waals surface area contributed by atoms with Crippen LogP contribution in [-0.2, 0) is 20.0 Å². The summed E-state index contributed by atoms with van der Waals surface area (Å²) in [6.07, 6.45) is 1.39. The normalized spacial score (nSPS) is 12.8. The van der Waals surface area contributed by atoms with Gasteiger partial charge in [-0.15, -0.1) is 0 Å². The number of hydrogen-bond donors (Lipinski definition) is 2. The van der Waals surface area contributed by atoms with Crippen molar-refractivity contribution in [1.82, 2.24) is 15.1 Å². The molecule has 17 heavy (non-hydrogen) atoms. The van der Waals surface area contributed by atoms with Crippen molar-refractivity contribution in [3.05, 3.63) is 11.3 Å². The van der Waals surface area contributed by atoms with Gasteiger partial charge in [0.25, 0.3) is 0 Å². The maximum absolute atomic E-state index is 9.17. The van der Waals surface area contributed by atoms with Gasteiger partial charge in [-0.05, 0) is 26.3 Å². The van der Waals surface area contributed by atoms with Crippen LogP contribution in [0, 0.1) is 0 Å². The molecule has 1 unspecified atom stereocenters. The van der Waals surface area contributed by atoms with Crippen LogP contribution in [0.15, 0.2) is 0 Å². The average molecular weight is 241 g/mol. The minimum absolute atomic E-state index is 0.260. The van der Waals surface area contributed by atoms with Gasteiger partial charge < -0.3 is 15.2 Å². The van der Waals surface area contributed by atoms with Crippen molar-refractivity contribution in [2.45, 2.75) is 39.3 Å². The molecule has 5 nitrogen and oxygen atoms in total. The molecule has 0 fully saturated rings. The standard InChI is InChI=1S/C12H23N3O2/c1-5-11-10(8-13-7-6-9(2)16)12(17-4)15(3)14-11/h9,13,16H,5-8H2,1-4H3. The molecular weight excluding hydrogens is 218 g/mol. The summed E-state index contributed by atoms with van der Waals surface area (Å²) in [5.41, 5.74) is 2.18. The fourth-order valence-corrected chi connectivity index (χ4v) is 1.85. The monoisotopic (exact) mass is 241 g/mol. The van der Waals surface area contributed by atoms with E-state index >= 15 is 0 Å². The lowest BCUT2D eigenvalue weighted by Crippen LogP contribution is -2.19. The Morgan fingerprint density at radius 1 is 1.53 bits per heavy atom. The first-order valence-electron chi connectivity index (χ1n) is 6.07. The van der Waals surface area contributed by atoms with Crippen LogP contribution in [0.1, 0.15) is 31.5 Å². The summed E-state index contributed by atoms with van der Waals surface area (Å²) in [4.78, 5) is 0. The third kappa shape index (κ3) is 3.71. The molecule has 1 heterocycles. The van der Waals surface area contributed by atoms with Crippen LogP contribution in [0.4, 0.5) is 0 Å². The average Bonchev–Trinajstić information content (AvgIpc) is 2.60. The summed E-state index contributed by atoms with van der Waals surface area (Å²) in [6, 6.07) is 0. The number of ether oxygens (including phenoxy) is 1. The number of nitrogens with one attached hydrogen (secondary N) is 1. The Balaban J connectivity index is 2.62. The highest BCUT2D eigenvalue weighted by Crippen LogP contribution is 2.21. The Kier molecular flexibility index (Phi) is 5.44. The molecule has 0 radical (unpaired) electrons. The molecule has 1 aromatic heterocycles. The van der Waals surface area contributed by atoms with E-state index in [-0.39, 0.29) is 6.10 Å². The molecule has 0 aromatic carbocycles. The molecule has 1 aromatic rings. The number of nitrogens with zero attached hydrogens (tertiary/aromatic N) is 2. The van der Waals surface area contributed by atoms with E-state index in [1.54, 1.807) is 18.7 Å². The fraction of sp³-hybridized carbons (Fsp3) is 0.750. The zero-order valence-electron chi connectivity index (χ0n) is 11.2. The number of aliphatic hydroxyl groups excluding tert-OH is 1. The number of aromatic nitrogens is 2. The van der Waals surface area contributed by atoms with Crippen molar-refractivity contribution in [2.75, 3.05) is 13.7 Å². The van der Waals surface area contributed by atoms with Crippen LogP contribution in [-0.4, -0.2) is 34.6 Å². The molecular formula is C12H23N3O2. The highest BCUT2D eigenvalue weighted by molar-refractivity contribution is 5.31. The van der Waals surface area contributed by atoms with Crippen molar-refractivity contribution < 1.29 is 9.84 Å². The smallest absolute Gasteiger partial charge is 0.216 e. The summed E-state index contributed by atoms with van der Waals surface area (Å²) in [6.45, 7) is 5.40. The maximum atomic E-state index is 9.17. The zero-order chi connectivity index (χ0) is 12.8. The summed E-state index contributed by atoms with van der Waals surface area (Å²) < 4.78 is 7.12. The number of methoxy groups -OCH3 is 1. The zero-order valence-corrected chi connectivity index (χ0v) is 11.2. The predicted octanol–water partition coefficient (Wildman–Crippen LogP) is 0.852. The Labute approximate surface area is 103 Å². The van der Waals surface area contributed by atoms with Gasteiger partial charge in [0.1, 0.15) is 0 Å². The number of aryl methyl sites for hydroxylation is 2. The molecule has 1 rings (SSSR count). The van der Waals surface area contributed by atoms with E-state index in [1.807, 2.05) is 7.05 Å². The number of aliphatic hydroxyl groups is 1. The summed E-state index contributed by atoms with van der Waals surface area (Å²) in [5.74, 6) is 0.811. The van der Waals surface area contributed by atoms with Crippen LogP contribution < -0.4 is 10.1 Å². The first-order valence-corrected chi connectivity index (χ1v) is 6.07. The van der Waals surface area contributed by atoms with Crippen molar-refractivity contribution in [3.63, 3.8) is 0 Å². The van der Waals surface area contributed by atoms with Gasteiger partial charge in [-0.1, -0.05) is 6.92 Å². The predicted molar refractivity (Wildman–Crippen MR) is 67.1 cm³/mol. The van der Waals surface area contributed by atoms with Gasteiger partial charge in [-0.3, -0.25) is 0 Å². The molecule has 98 valence electrons. The fourth-order valence-electron chi connectivity index (χ4n) is 1.85. The number of rotatable bonds is 7. The van der Waals surface area contributed by atoms with Crippen LogP contribution in [0.2, 0.25) is 0 Å². The molecule has 0 bridgehead atoms. The van der Waals surface area contributed by atoms with Gasteiger partial charge in [-0.25, -0.2) is 4.68 Å². The molecule has 0 saturated heterocycles. The Morgan fingerprint density at radius 3 is 2.76 bits per heavy atom. The van der Waals surface area contributed by atoms with Gasteiger partial charge in [0, 0.05) is 13.6 Å². The van der Waals surface area contributed by atoms with Crippen molar-refractivity contribution in [1.29, 1.82) is 0 Å². The van der Waals surface area contributed by atoms with E-state index in [1.165, 1.54) is 0 Å². The minimum atomic E-state index is -0.260. The first kappa shape index (κ1) is 14.0. The molecule has 0 aliphatic heterocycles. The summed E-state index contributed by atoms with van der Waals surface area (Å²) >= 11 is 0. The molecule has 5 heteroatoms. The van der Waals surface area contributed by atoms with Crippen LogP contribution in [0.25, 0.3) is 0 Å². The third-order valence-corrected chi connectivity index (χ3v) is 2.74. The lowest BCUT2D eigenvalue weighted by Gasteiger charge is -2.08. The van der Waals surface area contributed by atoms with Crippen molar-refractivity contribution >= 4 is 0 Å². The second-order valence-corrected chi connectivity index (χ2v) is 4.23. The Morgan fingerprint density at radius 2 is 2.24 bits per heavy atom. The van der Waals surface area contributed by atoms with Gasteiger partial charge in [-0.2, -0.15) is 5.10 Å². The SMILES string of the molecule is CCc1nn(C)c(OC)c1CNCCC(C)O. The summed E-state index contributed by atoms with van der Waals surface area (Å²) in [5, 5.41) is 16.9. The van der Waals surface area contributed by atoms with Gasteiger partial charge in [0.2, 0.25) is 5.88 Å². The Bertz CT molecular complexity index is 348. The lowest BCUT2D eigenvalue weighted by atomic mass is 10.2. The van der Waals surface area contributed by atoms with E-state index in [0.29, 0.717) is 0 Å². The molecule has 1 atom stereocenters. The van der Waals surface area contributed by atoms with E-state index in [0.717, 1.165) is 43.1 Å².